The third kappa shape index (κ3) is 3.72. The highest BCUT2D eigenvalue weighted by Gasteiger charge is 2.18. The van der Waals surface area contributed by atoms with E-state index in [0.29, 0.717) is 23.7 Å². The molecule has 4 aromatic rings. The third-order valence-corrected chi connectivity index (χ3v) is 5.40. The van der Waals surface area contributed by atoms with E-state index >= 15 is 0 Å². The van der Waals surface area contributed by atoms with Gasteiger partial charge in [0.1, 0.15) is 5.69 Å². The molecule has 1 aromatic carbocycles. The number of nitrogens with zero attached hydrogens (tertiary/aromatic N) is 4. The number of halogens is 1. The van der Waals surface area contributed by atoms with Gasteiger partial charge in [0, 0.05) is 54.1 Å². The highest BCUT2D eigenvalue weighted by molar-refractivity contribution is 7.15. The lowest BCUT2D eigenvalue weighted by Gasteiger charge is -2.16. The predicted molar refractivity (Wildman–Crippen MR) is 108 cm³/mol. The van der Waals surface area contributed by atoms with E-state index in [9.17, 15) is 4.79 Å². The first-order chi connectivity index (χ1) is 13.1. The molecule has 0 atom stereocenters. The van der Waals surface area contributed by atoms with Crippen LogP contribution in [0.4, 0.5) is 0 Å². The van der Waals surface area contributed by atoms with E-state index in [-0.39, 0.29) is 5.91 Å². The van der Waals surface area contributed by atoms with E-state index in [4.69, 9.17) is 11.6 Å². The summed E-state index contributed by atoms with van der Waals surface area (Å²) in [5, 5.41) is 2.51. The molecule has 3 aromatic heterocycles. The Morgan fingerprint density at radius 2 is 2.15 bits per heavy atom. The fourth-order valence-electron chi connectivity index (χ4n) is 2.85. The summed E-state index contributed by atoms with van der Waals surface area (Å²) in [7, 11) is 1.81. The van der Waals surface area contributed by atoms with Crippen LogP contribution in [0.15, 0.2) is 60.2 Å². The number of thiazole rings is 1. The van der Waals surface area contributed by atoms with Crippen molar-refractivity contribution in [2.45, 2.75) is 6.42 Å². The Labute approximate surface area is 165 Å². The molecule has 0 fully saturated rings. The Morgan fingerprint density at radius 3 is 2.93 bits per heavy atom. The molecular formula is C20H17ClN4OS. The van der Waals surface area contributed by atoms with Crippen LogP contribution in [-0.4, -0.2) is 38.8 Å². The fourth-order valence-corrected chi connectivity index (χ4v) is 3.89. The molecular weight excluding hydrogens is 380 g/mol. The van der Waals surface area contributed by atoms with Gasteiger partial charge in [-0.3, -0.25) is 14.2 Å². The van der Waals surface area contributed by atoms with Gasteiger partial charge >= 0.3 is 0 Å². The molecule has 0 unspecified atom stereocenters. The molecule has 4 rings (SSSR count). The Morgan fingerprint density at radius 1 is 1.26 bits per heavy atom. The molecule has 0 spiro atoms. The highest BCUT2D eigenvalue weighted by atomic mass is 35.5. The normalized spacial score (nSPS) is 11.0. The van der Waals surface area contributed by atoms with Gasteiger partial charge in [-0.05, 0) is 24.3 Å². The van der Waals surface area contributed by atoms with Gasteiger partial charge in [-0.1, -0.05) is 29.8 Å². The molecule has 1 amide bonds. The molecule has 7 heteroatoms. The van der Waals surface area contributed by atoms with Gasteiger partial charge in [0.05, 0.1) is 5.69 Å². The summed E-state index contributed by atoms with van der Waals surface area (Å²) in [6.07, 6.45) is 4.37. The minimum atomic E-state index is -0.0350. The molecule has 0 aliphatic heterocycles. The summed E-state index contributed by atoms with van der Waals surface area (Å²) in [5.74, 6) is -0.0350. The van der Waals surface area contributed by atoms with Crippen LogP contribution in [0.1, 0.15) is 16.2 Å². The minimum absolute atomic E-state index is 0.0350. The van der Waals surface area contributed by atoms with Crippen LogP contribution in [0.25, 0.3) is 16.2 Å². The maximum Gasteiger partial charge on any atom is 0.271 e. The van der Waals surface area contributed by atoms with Crippen molar-refractivity contribution in [1.82, 2.24) is 19.3 Å². The molecule has 3 heterocycles. The van der Waals surface area contributed by atoms with Crippen LogP contribution < -0.4 is 0 Å². The first-order valence-corrected chi connectivity index (χ1v) is 9.75. The number of carbonyl (C=O) groups excluding carboxylic acids is 1. The third-order valence-electron chi connectivity index (χ3n) is 4.32. The van der Waals surface area contributed by atoms with Crippen molar-refractivity contribution in [2.24, 2.45) is 0 Å². The van der Waals surface area contributed by atoms with Gasteiger partial charge in [-0.25, -0.2) is 4.98 Å². The smallest absolute Gasteiger partial charge is 0.271 e. The Hall–Kier alpha value is -2.70. The van der Waals surface area contributed by atoms with Crippen LogP contribution in [0.5, 0.6) is 0 Å². The first kappa shape index (κ1) is 17.7. The molecule has 0 aliphatic rings. The number of hydrogen-bond acceptors (Lipinski definition) is 4. The van der Waals surface area contributed by atoms with Crippen molar-refractivity contribution in [2.75, 3.05) is 13.6 Å². The van der Waals surface area contributed by atoms with Crippen LogP contribution in [0.3, 0.4) is 0 Å². The molecule has 0 bridgehead atoms. The van der Waals surface area contributed by atoms with Gasteiger partial charge in [0.2, 0.25) is 0 Å². The summed E-state index contributed by atoms with van der Waals surface area (Å²) in [4.78, 5) is 24.3. The lowest BCUT2D eigenvalue weighted by atomic mass is 10.2. The number of pyridine rings is 1. The second-order valence-corrected chi connectivity index (χ2v) is 7.48. The van der Waals surface area contributed by atoms with E-state index in [1.54, 1.807) is 11.1 Å². The van der Waals surface area contributed by atoms with Gasteiger partial charge in [-0.2, -0.15) is 0 Å². The van der Waals surface area contributed by atoms with Crippen molar-refractivity contribution in [3.8, 4) is 11.3 Å². The molecule has 0 saturated heterocycles. The molecule has 136 valence electrons. The standard InChI is InChI=1S/C20H17ClN4OS/c1-24(10-8-16-7-2-3-9-22-16)19(26)18-13-27-20-23-17(12-25(18)20)14-5-4-6-15(21)11-14/h2-7,9,11-13H,8,10H2,1H3. The van der Waals surface area contributed by atoms with Crippen molar-refractivity contribution in [1.29, 1.82) is 0 Å². The summed E-state index contributed by atoms with van der Waals surface area (Å²) < 4.78 is 1.85. The van der Waals surface area contributed by atoms with Crippen molar-refractivity contribution >= 4 is 33.8 Å². The number of likely N-dealkylation sites (N-methyl/N-ethyl adjacent to an activating group) is 1. The van der Waals surface area contributed by atoms with E-state index < -0.39 is 0 Å². The minimum Gasteiger partial charge on any atom is -0.340 e. The average Bonchev–Trinajstić information content (AvgIpc) is 3.27. The molecule has 5 nitrogen and oxygen atoms in total. The van der Waals surface area contributed by atoms with Crippen LogP contribution in [0.2, 0.25) is 5.02 Å². The van der Waals surface area contributed by atoms with E-state index in [1.807, 2.05) is 65.5 Å². The SMILES string of the molecule is CN(CCc1ccccn1)C(=O)c1csc2nc(-c3cccc(Cl)c3)cn12. The summed E-state index contributed by atoms with van der Waals surface area (Å²) in [5.41, 5.74) is 3.31. The largest absolute Gasteiger partial charge is 0.340 e. The van der Waals surface area contributed by atoms with Gasteiger partial charge in [0.15, 0.2) is 4.96 Å². The number of amides is 1. The lowest BCUT2D eigenvalue weighted by Crippen LogP contribution is -2.29. The van der Waals surface area contributed by atoms with Crippen LogP contribution in [0, 0.1) is 0 Å². The lowest BCUT2D eigenvalue weighted by molar-refractivity contribution is 0.0790. The zero-order chi connectivity index (χ0) is 18.8. The maximum absolute atomic E-state index is 12.9. The molecule has 27 heavy (non-hydrogen) atoms. The van der Waals surface area contributed by atoms with E-state index in [1.165, 1.54) is 11.3 Å². The second kappa shape index (κ2) is 7.50. The predicted octanol–water partition coefficient (Wildman–Crippen LogP) is 4.43. The van der Waals surface area contributed by atoms with Crippen molar-refractivity contribution in [3.63, 3.8) is 0 Å². The number of aromatic nitrogens is 3. The summed E-state index contributed by atoms with van der Waals surface area (Å²) in [6.45, 7) is 0.600. The second-order valence-electron chi connectivity index (χ2n) is 6.21. The van der Waals surface area contributed by atoms with Gasteiger partial charge in [0.25, 0.3) is 5.91 Å². The Balaban J connectivity index is 1.55. The summed E-state index contributed by atoms with van der Waals surface area (Å²) >= 11 is 7.53. The average molecular weight is 397 g/mol. The van der Waals surface area contributed by atoms with Crippen LogP contribution >= 0.6 is 22.9 Å². The van der Waals surface area contributed by atoms with E-state index in [0.717, 1.165) is 21.9 Å². The number of fused-ring (bicyclic) bond motifs is 1. The first-order valence-electron chi connectivity index (χ1n) is 8.50. The molecule has 0 saturated carbocycles. The van der Waals surface area contributed by atoms with Crippen LogP contribution in [-0.2, 0) is 6.42 Å². The van der Waals surface area contributed by atoms with Crippen molar-refractivity contribution in [3.05, 3.63) is 76.6 Å². The molecule has 0 N–H and O–H groups in total. The maximum atomic E-state index is 12.9. The number of imidazole rings is 1. The van der Waals surface area contributed by atoms with Crippen molar-refractivity contribution < 1.29 is 4.79 Å². The molecule has 0 aliphatic carbocycles. The Kier molecular flexibility index (Phi) is 4.92. The van der Waals surface area contributed by atoms with Gasteiger partial charge in [-0.15, -0.1) is 11.3 Å². The zero-order valence-electron chi connectivity index (χ0n) is 14.7. The number of rotatable bonds is 5. The number of benzene rings is 1. The highest BCUT2D eigenvalue weighted by Crippen LogP contribution is 2.26. The quantitative estimate of drug-likeness (QED) is 0.501. The summed E-state index contributed by atoms with van der Waals surface area (Å²) in [6, 6.07) is 13.4. The zero-order valence-corrected chi connectivity index (χ0v) is 16.2. The fraction of sp³-hybridized carbons (Fsp3) is 0.150. The Bertz CT molecular complexity index is 1090. The molecule has 0 radical (unpaired) electrons. The van der Waals surface area contributed by atoms with E-state index in [2.05, 4.69) is 9.97 Å². The number of hydrogen-bond donors (Lipinski definition) is 0. The van der Waals surface area contributed by atoms with Gasteiger partial charge < -0.3 is 4.90 Å². The number of carbonyl (C=O) groups is 1. The topological polar surface area (TPSA) is 50.5 Å². The monoisotopic (exact) mass is 396 g/mol.